The van der Waals surface area contributed by atoms with Gasteiger partial charge in [-0.25, -0.2) is 0 Å². The number of benzene rings is 1. The van der Waals surface area contributed by atoms with Crippen LogP contribution < -0.4 is 5.32 Å². The lowest BCUT2D eigenvalue weighted by atomic mass is 10.3. The van der Waals surface area contributed by atoms with E-state index in [1.54, 1.807) is 4.68 Å². The quantitative estimate of drug-likeness (QED) is 0.858. The van der Waals surface area contributed by atoms with E-state index >= 15 is 0 Å². The van der Waals surface area contributed by atoms with Crippen molar-refractivity contribution < 1.29 is 0 Å². The highest BCUT2D eigenvalue weighted by Crippen LogP contribution is 2.34. The third-order valence-corrected chi connectivity index (χ3v) is 3.21. The minimum atomic E-state index is 0.299. The molecule has 1 N–H and O–H groups in total. The summed E-state index contributed by atoms with van der Waals surface area (Å²) in [4.78, 5) is 0. The summed E-state index contributed by atoms with van der Waals surface area (Å²) in [6.07, 6.45) is 2.47. The third-order valence-electron chi connectivity index (χ3n) is 3.21. The van der Waals surface area contributed by atoms with Crippen molar-refractivity contribution in [2.75, 3.05) is 0 Å². The van der Waals surface area contributed by atoms with Gasteiger partial charge in [-0.1, -0.05) is 18.2 Å². The zero-order valence-corrected chi connectivity index (χ0v) is 9.80. The van der Waals surface area contributed by atoms with Crippen molar-refractivity contribution >= 4 is 0 Å². The van der Waals surface area contributed by atoms with E-state index in [0.717, 1.165) is 11.5 Å². The number of hydrogen-bond acceptors (Lipinski definition) is 4. The van der Waals surface area contributed by atoms with Crippen molar-refractivity contribution in [3.8, 4) is 5.69 Å². The molecule has 2 aromatic rings. The fourth-order valence-corrected chi connectivity index (χ4v) is 1.74. The number of aromatic nitrogens is 4. The van der Waals surface area contributed by atoms with E-state index in [1.807, 2.05) is 30.3 Å². The van der Waals surface area contributed by atoms with Gasteiger partial charge in [-0.05, 0) is 42.3 Å². The standard InChI is InChI=1S/C12H15N5/c1-12(7-8-12)13-9-11-14-15-16-17(11)10-5-3-2-4-6-10/h2-6,13H,7-9H2,1H3. The van der Waals surface area contributed by atoms with Crippen LogP contribution in [0, 0.1) is 0 Å². The van der Waals surface area contributed by atoms with Crippen molar-refractivity contribution in [3.05, 3.63) is 36.2 Å². The Bertz CT molecular complexity index is 501. The Morgan fingerprint density at radius 1 is 1.29 bits per heavy atom. The Morgan fingerprint density at radius 2 is 2.06 bits per heavy atom. The smallest absolute Gasteiger partial charge is 0.170 e. The first-order valence-corrected chi connectivity index (χ1v) is 5.85. The maximum atomic E-state index is 4.06. The van der Waals surface area contributed by atoms with Crippen LogP contribution in [0.15, 0.2) is 30.3 Å². The molecule has 1 aromatic heterocycles. The van der Waals surface area contributed by atoms with Gasteiger partial charge in [0.1, 0.15) is 0 Å². The average Bonchev–Trinajstić information content (AvgIpc) is 2.93. The molecule has 0 saturated heterocycles. The molecule has 5 nitrogen and oxygen atoms in total. The minimum absolute atomic E-state index is 0.299. The number of hydrogen-bond donors (Lipinski definition) is 1. The molecule has 1 fully saturated rings. The van der Waals surface area contributed by atoms with E-state index in [9.17, 15) is 0 Å². The topological polar surface area (TPSA) is 55.6 Å². The van der Waals surface area contributed by atoms with E-state index in [-0.39, 0.29) is 0 Å². The van der Waals surface area contributed by atoms with Gasteiger partial charge in [0.25, 0.3) is 0 Å². The maximum Gasteiger partial charge on any atom is 0.170 e. The number of nitrogens with one attached hydrogen (secondary N) is 1. The lowest BCUT2D eigenvalue weighted by molar-refractivity contribution is 0.518. The van der Waals surface area contributed by atoms with E-state index < -0.39 is 0 Å². The molecule has 1 saturated carbocycles. The van der Waals surface area contributed by atoms with Gasteiger partial charge >= 0.3 is 0 Å². The maximum absolute atomic E-state index is 4.06. The molecule has 0 radical (unpaired) electrons. The number of para-hydroxylation sites is 1. The van der Waals surface area contributed by atoms with Gasteiger partial charge in [-0.15, -0.1) is 5.10 Å². The summed E-state index contributed by atoms with van der Waals surface area (Å²) in [6.45, 7) is 2.93. The van der Waals surface area contributed by atoms with Crippen LogP contribution in [0.4, 0.5) is 0 Å². The molecule has 0 atom stereocenters. The van der Waals surface area contributed by atoms with Gasteiger partial charge < -0.3 is 5.32 Å². The van der Waals surface area contributed by atoms with E-state index in [0.29, 0.717) is 12.1 Å². The SMILES string of the molecule is CC1(NCc2nnnn2-c2ccccc2)CC1. The summed E-state index contributed by atoms with van der Waals surface area (Å²) >= 11 is 0. The van der Waals surface area contributed by atoms with Crippen LogP contribution in [-0.2, 0) is 6.54 Å². The molecule has 1 aliphatic carbocycles. The van der Waals surface area contributed by atoms with Crippen LogP contribution in [0.25, 0.3) is 5.69 Å². The van der Waals surface area contributed by atoms with Crippen LogP contribution in [0.3, 0.4) is 0 Å². The fraction of sp³-hybridized carbons (Fsp3) is 0.417. The van der Waals surface area contributed by atoms with Crippen molar-refractivity contribution in [3.63, 3.8) is 0 Å². The van der Waals surface area contributed by atoms with Gasteiger partial charge in [0.15, 0.2) is 5.82 Å². The molecule has 1 heterocycles. The van der Waals surface area contributed by atoms with Crippen molar-refractivity contribution in [2.45, 2.75) is 31.8 Å². The second kappa shape index (κ2) is 3.92. The van der Waals surface area contributed by atoms with Gasteiger partial charge in [0.05, 0.1) is 12.2 Å². The van der Waals surface area contributed by atoms with Crippen LogP contribution >= 0.6 is 0 Å². The molecule has 0 spiro atoms. The molecule has 1 aliphatic rings. The lowest BCUT2D eigenvalue weighted by Gasteiger charge is -2.10. The third kappa shape index (κ3) is 2.19. The molecule has 5 heteroatoms. The van der Waals surface area contributed by atoms with E-state index in [4.69, 9.17) is 0 Å². The summed E-state index contributed by atoms with van der Waals surface area (Å²) in [5.74, 6) is 0.851. The minimum Gasteiger partial charge on any atom is -0.304 e. The summed E-state index contributed by atoms with van der Waals surface area (Å²) in [5.41, 5.74) is 1.29. The predicted molar refractivity (Wildman–Crippen MR) is 63.6 cm³/mol. The Morgan fingerprint density at radius 3 is 2.76 bits per heavy atom. The van der Waals surface area contributed by atoms with Crippen molar-refractivity contribution in [1.82, 2.24) is 25.5 Å². The molecular weight excluding hydrogens is 214 g/mol. The molecule has 17 heavy (non-hydrogen) atoms. The Kier molecular flexibility index (Phi) is 2.40. The molecular formula is C12H15N5. The molecule has 0 bridgehead atoms. The second-order valence-electron chi connectivity index (χ2n) is 4.76. The van der Waals surface area contributed by atoms with Crippen LogP contribution in [0.1, 0.15) is 25.6 Å². The Balaban J connectivity index is 1.79. The van der Waals surface area contributed by atoms with Gasteiger partial charge in [0, 0.05) is 5.54 Å². The lowest BCUT2D eigenvalue weighted by Crippen LogP contribution is -2.28. The highest BCUT2D eigenvalue weighted by molar-refractivity contribution is 5.30. The highest BCUT2D eigenvalue weighted by Gasteiger charge is 2.36. The second-order valence-corrected chi connectivity index (χ2v) is 4.76. The van der Waals surface area contributed by atoms with Gasteiger partial charge in [0.2, 0.25) is 0 Å². The van der Waals surface area contributed by atoms with Crippen LogP contribution in [0.5, 0.6) is 0 Å². The summed E-state index contributed by atoms with van der Waals surface area (Å²) in [5, 5.41) is 15.3. The largest absolute Gasteiger partial charge is 0.304 e. The first-order valence-electron chi connectivity index (χ1n) is 5.85. The monoisotopic (exact) mass is 229 g/mol. The molecule has 0 amide bonds. The zero-order valence-electron chi connectivity index (χ0n) is 9.80. The van der Waals surface area contributed by atoms with E-state index in [2.05, 4.69) is 27.8 Å². The molecule has 0 aliphatic heterocycles. The fourth-order valence-electron chi connectivity index (χ4n) is 1.74. The average molecular weight is 229 g/mol. The summed E-state index contributed by atoms with van der Waals surface area (Å²) < 4.78 is 1.78. The predicted octanol–water partition coefficient (Wildman–Crippen LogP) is 1.30. The van der Waals surface area contributed by atoms with Crippen LogP contribution in [0.2, 0.25) is 0 Å². The molecule has 3 rings (SSSR count). The van der Waals surface area contributed by atoms with Crippen molar-refractivity contribution in [1.29, 1.82) is 0 Å². The Hall–Kier alpha value is -1.75. The molecule has 0 unspecified atom stereocenters. The van der Waals surface area contributed by atoms with Gasteiger partial charge in [-0.2, -0.15) is 4.68 Å². The van der Waals surface area contributed by atoms with Crippen molar-refractivity contribution in [2.24, 2.45) is 0 Å². The Labute approximate surface area is 99.8 Å². The highest BCUT2D eigenvalue weighted by atomic mass is 15.5. The van der Waals surface area contributed by atoms with Crippen LogP contribution in [-0.4, -0.2) is 25.7 Å². The summed E-state index contributed by atoms with van der Waals surface area (Å²) in [6, 6.07) is 9.95. The van der Waals surface area contributed by atoms with Gasteiger partial charge in [-0.3, -0.25) is 0 Å². The summed E-state index contributed by atoms with van der Waals surface area (Å²) in [7, 11) is 0. The first kappa shape index (κ1) is 10.4. The number of tetrazole rings is 1. The number of rotatable bonds is 4. The first-order chi connectivity index (χ1) is 8.27. The zero-order chi connectivity index (χ0) is 11.7. The number of nitrogens with zero attached hydrogens (tertiary/aromatic N) is 4. The normalized spacial score (nSPS) is 17.0. The molecule has 88 valence electrons. The molecule has 1 aromatic carbocycles. The van der Waals surface area contributed by atoms with E-state index in [1.165, 1.54) is 12.8 Å².